The first-order valence-electron chi connectivity index (χ1n) is 4.98. The highest BCUT2D eigenvalue weighted by molar-refractivity contribution is 7.92. The molecule has 0 aliphatic heterocycles. The van der Waals surface area contributed by atoms with E-state index in [4.69, 9.17) is 11.6 Å². The van der Waals surface area contributed by atoms with Crippen LogP contribution in [0.25, 0.3) is 0 Å². The van der Waals surface area contributed by atoms with E-state index in [1.165, 1.54) is 6.07 Å². The molecule has 2 aromatic rings. The highest BCUT2D eigenvalue weighted by Crippen LogP contribution is 2.21. The summed E-state index contributed by atoms with van der Waals surface area (Å²) in [4.78, 5) is 2.96. The number of hydrogen-bond donors (Lipinski definition) is 1. The van der Waals surface area contributed by atoms with Crippen LogP contribution in [0, 0.1) is 11.6 Å². The number of aromatic nitrogens is 1. The van der Waals surface area contributed by atoms with Crippen molar-refractivity contribution >= 4 is 27.4 Å². The lowest BCUT2D eigenvalue weighted by molar-refractivity contribution is 0.570. The fourth-order valence-electron chi connectivity index (χ4n) is 1.32. The molecular weight excluding hydrogens is 298 g/mol. The molecular formula is C11H7ClF2N2O2S. The Hall–Kier alpha value is -1.73. The topological polar surface area (TPSA) is 59.1 Å². The van der Waals surface area contributed by atoms with E-state index in [0.717, 1.165) is 30.5 Å². The Morgan fingerprint density at radius 3 is 2.47 bits per heavy atom. The zero-order valence-electron chi connectivity index (χ0n) is 9.27. The summed E-state index contributed by atoms with van der Waals surface area (Å²) in [5, 5.41) is 0.0800. The van der Waals surface area contributed by atoms with E-state index in [1.807, 2.05) is 4.72 Å². The Morgan fingerprint density at radius 1 is 1.16 bits per heavy atom. The SMILES string of the molecule is O=S(=O)(Nc1ccc(F)cn1)c1ccc(Cl)cc1F. The Morgan fingerprint density at radius 2 is 1.89 bits per heavy atom. The third-order valence-corrected chi connectivity index (χ3v) is 3.77. The van der Waals surface area contributed by atoms with Crippen LogP contribution >= 0.6 is 11.6 Å². The molecule has 19 heavy (non-hydrogen) atoms. The van der Waals surface area contributed by atoms with E-state index in [9.17, 15) is 17.2 Å². The molecule has 0 aliphatic rings. The van der Waals surface area contributed by atoms with Crippen molar-refractivity contribution in [3.63, 3.8) is 0 Å². The second kappa shape index (κ2) is 5.10. The minimum atomic E-state index is -4.14. The van der Waals surface area contributed by atoms with Gasteiger partial charge in [-0.05, 0) is 30.3 Å². The van der Waals surface area contributed by atoms with Gasteiger partial charge in [0, 0.05) is 5.02 Å². The average Bonchev–Trinajstić information content (AvgIpc) is 2.31. The lowest BCUT2D eigenvalue weighted by atomic mass is 10.3. The van der Waals surface area contributed by atoms with Crippen LogP contribution in [0.3, 0.4) is 0 Å². The molecule has 0 amide bonds. The van der Waals surface area contributed by atoms with Gasteiger partial charge in [-0.2, -0.15) is 0 Å². The maximum atomic E-state index is 13.5. The Bertz CT molecular complexity index is 705. The largest absolute Gasteiger partial charge is 0.265 e. The molecule has 0 fully saturated rings. The Labute approximate surface area is 113 Å². The summed E-state index contributed by atoms with van der Waals surface area (Å²) in [7, 11) is -4.14. The number of anilines is 1. The Balaban J connectivity index is 2.35. The molecule has 8 heteroatoms. The van der Waals surface area contributed by atoms with Crippen LogP contribution in [0.2, 0.25) is 5.02 Å². The first-order chi connectivity index (χ1) is 8.88. The summed E-state index contributed by atoms with van der Waals surface area (Å²) in [6, 6.07) is 5.32. The molecule has 1 heterocycles. The van der Waals surface area contributed by atoms with Gasteiger partial charge in [0.15, 0.2) is 0 Å². The number of nitrogens with one attached hydrogen (secondary N) is 1. The minimum Gasteiger partial charge on any atom is -0.263 e. The second-order valence-corrected chi connectivity index (χ2v) is 5.63. The predicted octanol–water partition coefficient (Wildman–Crippen LogP) is 2.81. The number of rotatable bonds is 3. The van der Waals surface area contributed by atoms with E-state index in [1.54, 1.807) is 0 Å². The molecule has 4 nitrogen and oxygen atoms in total. The predicted molar refractivity (Wildman–Crippen MR) is 66.4 cm³/mol. The lowest BCUT2D eigenvalue weighted by Crippen LogP contribution is -2.15. The van der Waals surface area contributed by atoms with E-state index < -0.39 is 26.6 Å². The number of nitrogens with zero attached hydrogens (tertiary/aromatic N) is 1. The summed E-state index contributed by atoms with van der Waals surface area (Å²) in [6.45, 7) is 0. The maximum absolute atomic E-state index is 13.5. The number of pyridine rings is 1. The molecule has 2 rings (SSSR count). The quantitative estimate of drug-likeness (QED) is 0.948. The molecule has 0 bridgehead atoms. The van der Waals surface area contributed by atoms with Crippen LogP contribution in [-0.4, -0.2) is 13.4 Å². The van der Waals surface area contributed by atoms with Crippen LogP contribution < -0.4 is 4.72 Å². The fourth-order valence-corrected chi connectivity index (χ4v) is 2.55. The molecule has 0 atom stereocenters. The number of sulfonamides is 1. The maximum Gasteiger partial charge on any atom is 0.265 e. The number of halogens is 3. The summed E-state index contributed by atoms with van der Waals surface area (Å²) in [6.07, 6.45) is 0.843. The summed E-state index contributed by atoms with van der Waals surface area (Å²) >= 11 is 5.54. The first-order valence-corrected chi connectivity index (χ1v) is 6.84. The van der Waals surface area contributed by atoms with Gasteiger partial charge in [0.05, 0.1) is 6.20 Å². The van der Waals surface area contributed by atoms with Gasteiger partial charge in [-0.25, -0.2) is 22.2 Å². The van der Waals surface area contributed by atoms with Crippen molar-refractivity contribution in [1.82, 2.24) is 4.98 Å². The molecule has 0 radical (unpaired) electrons. The summed E-state index contributed by atoms with van der Waals surface area (Å²) in [5.41, 5.74) is 0. The monoisotopic (exact) mass is 304 g/mol. The van der Waals surface area contributed by atoms with Crippen LogP contribution in [0.1, 0.15) is 0 Å². The number of benzene rings is 1. The van der Waals surface area contributed by atoms with Gasteiger partial charge in [-0.3, -0.25) is 4.72 Å². The zero-order valence-corrected chi connectivity index (χ0v) is 10.8. The van der Waals surface area contributed by atoms with Crippen LogP contribution in [0.4, 0.5) is 14.6 Å². The van der Waals surface area contributed by atoms with Crippen molar-refractivity contribution in [3.05, 3.63) is 53.2 Å². The van der Waals surface area contributed by atoms with E-state index in [0.29, 0.717) is 0 Å². The van der Waals surface area contributed by atoms with Gasteiger partial charge in [0.2, 0.25) is 0 Å². The molecule has 0 saturated heterocycles. The average molecular weight is 305 g/mol. The standard InChI is InChI=1S/C11H7ClF2N2O2S/c12-7-1-3-10(9(14)5-7)19(17,18)16-11-4-2-8(13)6-15-11/h1-6H,(H,15,16). The third-order valence-electron chi connectivity index (χ3n) is 2.15. The highest BCUT2D eigenvalue weighted by atomic mass is 35.5. The molecule has 1 N–H and O–H groups in total. The second-order valence-electron chi connectivity index (χ2n) is 3.54. The van der Waals surface area contributed by atoms with Crippen LogP contribution in [-0.2, 0) is 10.0 Å². The zero-order chi connectivity index (χ0) is 14.0. The first kappa shape index (κ1) is 13.7. The molecule has 0 aliphatic carbocycles. The van der Waals surface area contributed by atoms with Crippen molar-refractivity contribution in [3.8, 4) is 0 Å². The Kier molecular flexibility index (Phi) is 3.68. The normalized spacial score (nSPS) is 11.3. The van der Waals surface area contributed by atoms with Crippen molar-refractivity contribution in [2.45, 2.75) is 4.90 Å². The fraction of sp³-hybridized carbons (Fsp3) is 0. The van der Waals surface area contributed by atoms with Gasteiger partial charge in [0.1, 0.15) is 22.3 Å². The van der Waals surface area contributed by atoms with Gasteiger partial charge in [-0.1, -0.05) is 11.6 Å². The highest BCUT2D eigenvalue weighted by Gasteiger charge is 2.19. The van der Waals surface area contributed by atoms with Crippen molar-refractivity contribution in [1.29, 1.82) is 0 Å². The van der Waals surface area contributed by atoms with E-state index in [-0.39, 0.29) is 10.8 Å². The molecule has 0 unspecified atom stereocenters. The molecule has 100 valence electrons. The third kappa shape index (κ3) is 3.18. The van der Waals surface area contributed by atoms with Gasteiger partial charge >= 0.3 is 0 Å². The smallest absolute Gasteiger partial charge is 0.263 e. The van der Waals surface area contributed by atoms with Crippen molar-refractivity contribution < 1.29 is 17.2 Å². The molecule has 0 saturated carbocycles. The summed E-state index contributed by atoms with van der Waals surface area (Å²) < 4.78 is 52.0. The van der Waals surface area contributed by atoms with Crippen molar-refractivity contribution in [2.24, 2.45) is 0 Å². The molecule has 0 spiro atoms. The lowest BCUT2D eigenvalue weighted by Gasteiger charge is -2.08. The number of hydrogen-bond acceptors (Lipinski definition) is 3. The van der Waals surface area contributed by atoms with Crippen LogP contribution in [0.5, 0.6) is 0 Å². The molecule has 1 aromatic carbocycles. The van der Waals surface area contributed by atoms with E-state index >= 15 is 0 Å². The van der Waals surface area contributed by atoms with Gasteiger partial charge < -0.3 is 0 Å². The molecule has 1 aromatic heterocycles. The summed E-state index contributed by atoms with van der Waals surface area (Å²) in [5.74, 6) is -1.71. The van der Waals surface area contributed by atoms with Crippen molar-refractivity contribution in [2.75, 3.05) is 4.72 Å². The van der Waals surface area contributed by atoms with Crippen LogP contribution in [0.15, 0.2) is 41.4 Å². The van der Waals surface area contributed by atoms with E-state index in [2.05, 4.69) is 4.98 Å². The minimum absolute atomic E-state index is 0.0800. The van der Waals surface area contributed by atoms with Gasteiger partial charge in [-0.15, -0.1) is 0 Å². The van der Waals surface area contributed by atoms with Gasteiger partial charge in [0.25, 0.3) is 10.0 Å².